The number of nitrogens with zero attached hydrogens (tertiary/aromatic N) is 2. The molecular weight excluding hydrogens is 252 g/mol. The standard InChI is InChI=1S/C11H18N4O2S/c1-9-4-2-3-7-15(9)18(16,17)14-10-5-6-11(12)13-8-10/h5-6,8-9,14H,2-4,7H2,1H3,(H2,12,13). The molecule has 0 aromatic carbocycles. The van der Waals surface area contributed by atoms with Crippen LogP contribution in [0, 0.1) is 0 Å². The van der Waals surface area contributed by atoms with Crippen molar-refractivity contribution in [2.45, 2.75) is 32.2 Å². The smallest absolute Gasteiger partial charge is 0.301 e. The highest BCUT2D eigenvalue weighted by molar-refractivity contribution is 7.90. The molecule has 1 aromatic rings. The summed E-state index contributed by atoms with van der Waals surface area (Å²) in [5, 5.41) is 0. The van der Waals surface area contributed by atoms with Crippen LogP contribution in [0.25, 0.3) is 0 Å². The van der Waals surface area contributed by atoms with Gasteiger partial charge in [-0.05, 0) is 31.9 Å². The Hall–Kier alpha value is -1.34. The van der Waals surface area contributed by atoms with Gasteiger partial charge in [0.15, 0.2) is 0 Å². The SMILES string of the molecule is CC1CCCCN1S(=O)(=O)Nc1ccc(N)nc1. The van der Waals surface area contributed by atoms with Crippen molar-refractivity contribution in [2.24, 2.45) is 0 Å². The lowest BCUT2D eigenvalue weighted by molar-refractivity contribution is 0.270. The van der Waals surface area contributed by atoms with Crippen molar-refractivity contribution in [2.75, 3.05) is 17.0 Å². The van der Waals surface area contributed by atoms with Gasteiger partial charge in [0.25, 0.3) is 0 Å². The third-order valence-electron chi connectivity index (χ3n) is 3.08. The van der Waals surface area contributed by atoms with E-state index >= 15 is 0 Å². The van der Waals surface area contributed by atoms with Crippen molar-refractivity contribution in [3.05, 3.63) is 18.3 Å². The number of pyridine rings is 1. The molecule has 2 heterocycles. The van der Waals surface area contributed by atoms with Crippen molar-refractivity contribution < 1.29 is 8.42 Å². The minimum absolute atomic E-state index is 0.0398. The minimum atomic E-state index is -3.50. The molecule has 7 heteroatoms. The second kappa shape index (κ2) is 5.11. The van der Waals surface area contributed by atoms with Gasteiger partial charge in [-0.25, -0.2) is 4.98 Å². The number of hydrogen-bond acceptors (Lipinski definition) is 4. The van der Waals surface area contributed by atoms with E-state index in [1.807, 2.05) is 6.92 Å². The van der Waals surface area contributed by atoms with E-state index in [4.69, 9.17) is 5.73 Å². The van der Waals surface area contributed by atoms with Gasteiger partial charge < -0.3 is 5.73 Å². The zero-order valence-electron chi connectivity index (χ0n) is 10.3. The maximum atomic E-state index is 12.2. The summed E-state index contributed by atoms with van der Waals surface area (Å²) in [4.78, 5) is 3.86. The predicted octanol–water partition coefficient (Wildman–Crippen LogP) is 1.19. The Labute approximate surface area is 107 Å². The first-order valence-corrected chi connectivity index (χ1v) is 7.44. The Morgan fingerprint density at radius 1 is 1.44 bits per heavy atom. The number of nitrogens with one attached hydrogen (secondary N) is 1. The lowest BCUT2D eigenvalue weighted by atomic mass is 10.1. The van der Waals surface area contributed by atoms with Crippen LogP contribution in [0.2, 0.25) is 0 Å². The van der Waals surface area contributed by atoms with Gasteiger partial charge >= 0.3 is 10.2 Å². The Morgan fingerprint density at radius 2 is 2.22 bits per heavy atom. The Morgan fingerprint density at radius 3 is 2.83 bits per heavy atom. The monoisotopic (exact) mass is 270 g/mol. The van der Waals surface area contributed by atoms with Crippen LogP contribution in [0.4, 0.5) is 11.5 Å². The first-order chi connectivity index (χ1) is 8.49. The lowest BCUT2D eigenvalue weighted by Crippen LogP contribution is -2.44. The maximum absolute atomic E-state index is 12.2. The lowest BCUT2D eigenvalue weighted by Gasteiger charge is -2.32. The average molecular weight is 270 g/mol. The van der Waals surface area contributed by atoms with E-state index in [0.29, 0.717) is 18.1 Å². The fourth-order valence-electron chi connectivity index (χ4n) is 2.10. The molecule has 0 amide bonds. The third kappa shape index (κ3) is 2.91. The van der Waals surface area contributed by atoms with Crippen LogP contribution in [0.3, 0.4) is 0 Å². The number of hydrogen-bond donors (Lipinski definition) is 2. The van der Waals surface area contributed by atoms with Crippen LogP contribution in [0.5, 0.6) is 0 Å². The van der Waals surface area contributed by atoms with Gasteiger partial charge in [-0.15, -0.1) is 0 Å². The molecule has 3 N–H and O–H groups in total. The molecule has 0 bridgehead atoms. The largest absolute Gasteiger partial charge is 0.384 e. The number of piperidine rings is 1. The highest BCUT2D eigenvalue weighted by Crippen LogP contribution is 2.21. The molecule has 1 fully saturated rings. The first kappa shape index (κ1) is 13.1. The van der Waals surface area contributed by atoms with Crippen LogP contribution in [-0.2, 0) is 10.2 Å². The molecule has 6 nitrogen and oxygen atoms in total. The van der Waals surface area contributed by atoms with Crippen molar-refractivity contribution in [1.29, 1.82) is 0 Å². The van der Waals surface area contributed by atoms with E-state index in [0.717, 1.165) is 19.3 Å². The molecule has 1 unspecified atom stereocenters. The van der Waals surface area contributed by atoms with Crippen LogP contribution in [-0.4, -0.2) is 30.3 Å². The molecule has 1 aliphatic heterocycles. The van der Waals surface area contributed by atoms with Crippen LogP contribution < -0.4 is 10.5 Å². The van der Waals surface area contributed by atoms with E-state index < -0.39 is 10.2 Å². The number of nitrogens with two attached hydrogens (primary N) is 1. The van der Waals surface area contributed by atoms with Gasteiger partial charge in [0.05, 0.1) is 11.9 Å². The fourth-order valence-corrected chi connectivity index (χ4v) is 3.59. The molecule has 0 aliphatic carbocycles. The summed E-state index contributed by atoms with van der Waals surface area (Å²) < 4.78 is 28.4. The van der Waals surface area contributed by atoms with Gasteiger partial charge in [-0.1, -0.05) is 6.42 Å². The molecule has 1 atom stereocenters. The number of anilines is 2. The normalized spacial score (nSPS) is 21.7. The average Bonchev–Trinajstić information content (AvgIpc) is 2.32. The van der Waals surface area contributed by atoms with Crippen LogP contribution in [0.1, 0.15) is 26.2 Å². The van der Waals surface area contributed by atoms with E-state index in [1.165, 1.54) is 10.5 Å². The molecule has 100 valence electrons. The molecule has 0 spiro atoms. The topological polar surface area (TPSA) is 88.3 Å². The summed E-state index contributed by atoms with van der Waals surface area (Å²) in [6, 6.07) is 3.21. The van der Waals surface area contributed by atoms with Gasteiger partial charge in [-0.2, -0.15) is 12.7 Å². The third-order valence-corrected chi connectivity index (χ3v) is 4.74. The number of nitrogen functional groups attached to an aromatic ring is 1. The zero-order valence-corrected chi connectivity index (χ0v) is 11.2. The van der Waals surface area contributed by atoms with Crippen LogP contribution in [0.15, 0.2) is 18.3 Å². The van der Waals surface area contributed by atoms with E-state index in [2.05, 4.69) is 9.71 Å². The predicted molar refractivity (Wildman–Crippen MR) is 71.2 cm³/mol. The summed E-state index contributed by atoms with van der Waals surface area (Å²) in [6.45, 7) is 2.50. The van der Waals surface area contributed by atoms with Crippen molar-refractivity contribution in [1.82, 2.24) is 9.29 Å². The molecule has 2 rings (SSSR count). The summed E-state index contributed by atoms with van der Waals surface area (Å²) >= 11 is 0. The van der Waals surface area contributed by atoms with Gasteiger partial charge in [0.2, 0.25) is 0 Å². The zero-order chi connectivity index (χ0) is 13.2. The number of aromatic nitrogens is 1. The second-order valence-electron chi connectivity index (χ2n) is 4.53. The van der Waals surface area contributed by atoms with E-state index in [-0.39, 0.29) is 6.04 Å². The molecule has 0 saturated carbocycles. The summed E-state index contributed by atoms with van der Waals surface area (Å²) in [5.41, 5.74) is 5.89. The van der Waals surface area contributed by atoms with Crippen molar-refractivity contribution >= 4 is 21.7 Å². The second-order valence-corrected chi connectivity index (χ2v) is 6.16. The van der Waals surface area contributed by atoms with Gasteiger partial charge in [-0.3, -0.25) is 4.72 Å². The van der Waals surface area contributed by atoms with Gasteiger partial charge in [0.1, 0.15) is 5.82 Å². The number of rotatable bonds is 3. The van der Waals surface area contributed by atoms with E-state index in [9.17, 15) is 8.42 Å². The van der Waals surface area contributed by atoms with Crippen molar-refractivity contribution in [3.8, 4) is 0 Å². The Bertz CT molecular complexity index is 500. The minimum Gasteiger partial charge on any atom is -0.384 e. The van der Waals surface area contributed by atoms with Gasteiger partial charge in [0, 0.05) is 12.6 Å². The van der Waals surface area contributed by atoms with E-state index in [1.54, 1.807) is 12.1 Å². The van der Waals surface area contributed by atoms with Crippen LogP contribution >= 0.6 is 0 Å². The molecule has 1 aromatic heterocycles. The fraction of sp³-hybridized carbons (Fsp3) is 0.545. The molecule has 1 aliphatic rings. The molecule has 0 radical (unpaired) electrons. The Kier molecular flexibility index (Phi) is 3.72. The Balaban J connectivity index is 2.13. The van der Waals surface area contributed by atoms with Crippen molar-refractivity contribution in [3.63, 3.8) is 0 Å². The highest BCUT2D eigenvalue weighted by atomic mass is 32.2. The first-order valence-electron chi connectivity index (χ1n) is 6.00. The highest BCUT2D eigenvalue weighted by Gasteiger charge is 2.29. The summed E-state index contributed by atoms with van der Waals surface area (Å²) in [7, 11) is -3.50. The maximum Gasteiger partial charge on any atom is 0.301 e. The molecular formula is C11H18N4O2S. The quantitative estimate of drug-likeness (QED) is 0.863. The molecule has 18 heavy (non-hydrogen) atoms. The summed E-state index contributed by atoms with van der Waals surface area (Å²) in [6.07, 6.45) is 4.31. The molecule has 1 saturated heterocycles. The summed E-state index contributed by atoms with van der Waals surface area (Å²) in [5.74, 6) is 0.365.